The number of aryl methyl sites for hydroxylation is 1. The van der Waals surface area contributed by atoms with Crippen LogP contribution in [0.4, 0.5) is 5.82 Å². The number of β-amino-alcohol motifs (C(OH)–C–C–N with tert-alkyl or cyclic N) is 1. The number of aliphatic hydroxyl groups is 1. The number of benzene rings is 3. The van der Waals surface area contributed by atoms with Crippen molar-refractivity contribution in [1.82, 2.24) is 40.6 Å². The van der Waals surface area contributed by atoms with Gasteiger partial charge in [0, 0.05) is 54.6 Å². The second kappa shape index (κ2) is 22.6. The Labute approximate surface area is 416 Å². The van der Waals surface area contributed by atoms with Crippen LogP contribution < -0.4 is 21.3 Å². The first-order valence-electron chi connectivity index (χ1n) is 23.0. The second-order valence-electron chi connectivity index (χ2n) is 18.5. The van der Waals surface area contributed by atoms with Gasteiger partial charge in [-0.15, -0.1) is 11.3 Å². The number of nitriles is 1. The van der Waals surface area contributed by atoms with Gasteiger partial charge in [-0.05, 0) is 85.3 Å². The Kier molecular flexibility index (Phi) is 16.5. The fourth-order valence-corrected chi connectivity index (χ4v) is 9.17. The number of aromatic nitrogens is 4. The van der Waals surface area contributed by atoms with Gasteiger partial charge in [0.15, 0.2) is 0 Å². The molecule has 5 atom stereocenters. The van der Waals surface area contributed by atoms with Crippen LogP contribution in [-0.2, 0) is 25.7 Å². The first kappa shape index (κ1) is 50.9. The van der Waals surface area contributed by atoms with Crippen LogP contribution in [0, 0.1) is 23.7 Å². The van der Waals surface area contributed by atoms with Crippen LogP contribution in [0.1, 0.15) is 74.3 Å². The summed E-state index contributed by atoms with van der Waals surface area (Å²) in [5, 5.41) is 36.8. The average Bonchev–Trinajstić information content (AvgIpc) is 4.10. The number of rotatable bonds is 18. The molecule has 0 radical (unpaired) electrons. The summed E-state index contributed by atoms with van der Waals surface area (Å²) in [4.78, 5) is 65.3. The Morgan fingerprint density at radius 3 is 2.30 bits per heavy atom. The van der Waals surface area contributed by atoms with Gasteiger partial charge in [-0.3, -0.25) is 23.9 Å². The topological polar surface area (TPSA) is 216 Å². The quantitative estimate of drug-likeness (QED) is 0.0544. The van der Waals surface area contributed by atoms with Gasteiger partial charge in [-0.25, -0.2) is 9.97 Å². The molecule has 5 N–H and O–H groups in total. The second-order valence-corrected chi connectivity index (χ2v) is 19.7. The highest BCUT2D eigenvalue weighted by molar-refractivity contribution is 7.13. The van der Waals surface area contributed by atoms with Crippen molar-refractivity contribution < 1.29 is 29.0 Å². The van der Waals surface area contributed by atoms with Crippen LogP contribution in [0.3, 0.4) is 0 Å². The number of anilines is 1. The van der Waals surface area contributed by atoms with Crippen molar-refractivity contribution in [2.24, 2.45) is 5.41 Å². The summed E-state index contributed by atoms with van der Waals surface area (Å²) in [5.74, 6) is -0.936. The van der Waals surface area contributed by atoms with Gasteiger partial charge in [0.2, 0.25) is 17.7 Å². The predicted molar refractivity (Wildman–Crippen MR) is 270 cm³/mol. The molecule has 3 aromatic carbocycles. The lowest BCUT2D eigenvalue weighted by molar-refractivity contribution is -0.144. The minimum Gasteiger partial charge on any atom is -0.391 e. The van der Waals surface area contributed by atoms with E-state index in [4.69, 9.17) is 21.6 Å². The van der Waals surface area contributed by atoms with Gasteiger partial charge in [-0.1, -0.05) is 74.8 Å². The van der Waals surface area contributed by atoms with E-state index in [1.165, 1.54) is 4.90 Å². The smallest absolute Gasteiger partial charge is 0.251 e. The first-order chi connectivity index (χ1) is 33.5. The zero-order valence-electron chi connectivity index (χ0n) is 39.9. The van der Waals surface area contributed by atoms with Crippen molar-refractivity contribution >= 4 is 52.4 Å². The number of hydrogen-bond acceptors (Lipinski definition) is 12. The molecule has 1 aliphatic rings. The summed E-state index contributed by atoms with van der Waals surface area (Å²) in [6, 6.07) is 25.5. The number of thiazole rings is 1. The number of carbonyl (C=O) groups excluding carboxylic acids is 4. The van der Waals surface area contributed by atoms with E-state index in [1.807, 2.05) is 108 Å². The summed E-state index contributed by atoms with van der Waals surface area (Å²) in [6.45, 7) is 11.9. The van der Waals surface area contributed by atoms with E-state index in [0.29, 0.717) is 40.8 Å². The molecule has 3 aromatic heterocycles. The molecule has 0 saturated carbocycles. The summed E-state index contributed by atoms with van der Waals surface area (Å²) >= 11 is 7.77. The van der Waals surface area contributed by atoms with Crippen molar-refractivity contribution in [3.05, 3.63) is 130 Å². The van der Waals surface area contributed by atoms with Gasteiger partial charge >= 0.3 is 0 Å². The van der Waals surface area contributed by atoms with Gasteiger partial charge in [0.25, 0.3) is 5.91 Å². The van der Waals surface area contributed by atoms with Crippen LogP contribution >= 0.6 is 22.9 Å². The van der Waals surface area contributed by atoms with E-state index in [2.05, 4.69) is 42.4 Å². The highest BCUT2D eigenvalue weighted by atomic mass is 35.5. The highest BCUT2D eigenvalue weighted by Gasteiger charge is 2.44. The summed E-state index contributed by atoms with van der Waals surface area (Å²) in [5.41, 5.74) is 8.13. The van der Waals surface area contributed by atoms with Crippen LogP contribution in [0.5, 0.6) is 0 Å². The minimum atomic E-state index is -0.987. The Bertz CT molecular complexity index is 2840. The molecule has 7 rings (SSSR count). The Hall–Kier alpha value is -6.97. The predicted octanol–water partition coefficient (Wildman–Crippen LogP) is 7.19. The molecule has 4 heterocycles. The fourth-order valence-electron chi connectivity index (χ4n) is 8.13. The van der Waals surface area contributed by atoms with Crippen molar-refractivity contribution in [2.75, 3.05) is 31.6 Å². The number of aliphatic hydroxyl groups excluding tert-OH is 1. The van der Waals surface area contributed by atoms with Crippen molar-refractivity contribution in [2.45, 2.75) is 84.8 Å². The van der Waals surface area contributed by atoms with E-state index in [1.54, 1.807) is 52.5 Å². The lowest BCUT2D eigenvalue weighted by atomic mass is 9.85. The maximum Gasteiger partial charge on any atom is 0.251 e. The number of carbonyl (C=O) groups is 4. The molecule has 364 valence electrons. The van der Waals surface area contributed by atoms with Crippen LogP contribution in [-0.4, -0.2) is 104 Å². The van der Waals surface area contributed by atoms with E-state index in [9.17, 15) is 24.3 Å². The number of hydrogen-bond donors (Lipinski definition) is 5. The molecular formula is C52H57ClN10O6S. The van der Waals surface area contributed by atoms with E-state index in [-0.39, 0.29) is 50.1 Å². The zero-order chi connectivity index (χ0) is 50.1. The highest BCUT2D eigenvalue weighted by Crippen LogP contribution is 2.30. The van der Waals surface area contributed by atoms with Crippen molar-refractivity contribution in [3.8, 4) is 38.9 Å². The number of ether oxygens (including phenoxy) is 1. The molecular weight excluding hydrogens is 928 g/mol. The number of amides is 4. The molecule has 1 unspecified atom stereocenters. The number of nitrogens with one attached hydrogen (secondary N) is 4. The van der Waals surface area contributed by atoms with E-state index in [0.717, 1.165) is 38.4 Å². The molecule has 70 heavy (non-hydrogen) atoms. The van der Waals surface area contributed by atoms with Gasteiger partial charge in [0.05, 0.1) is 57.7 Å². The summed E-state index contributed by atoms with van der Waals surface area (Å²) in [7, 11) is 0. The van der Waals surface area contributed by atoms with Crippen molar-refractivity contribution in [3.63, 3.8) is 0 Å². The molecule has 0 spiro atoms. The van der Waals surface area contributed by atoms with E-state index < -0.39 is 35.4 Å². The van der Waals surface area contributed by atoms with Crippen LogP contribution in [0.15, 0.2) is 103 Å². The number of halogens is 1. The monoisotopic (exact) mass is 984 g/mol. The lowest BCUT2D eigenvalue weighted by Crippen LogP contribution is -2.58. The minimum absolute atomic E-state index is 0.0315. The fraction of sp³-hybridized carbons (Fsp3) is 0.346. The van der Waals surface area contributed by atoms with Crippen LogP contribution in [0.25, 0.3) is 32.8 Å². The molecule has 0 aliphatic carbocycles. The third-order valence-electron chi connectivity index (χ3n) is 12.0. The average molecular weight is 986 g/mol. The largest absolute Gasteiger partial charge is 0.391 e. The number of nitrogens with zero attached hydrogens (tertiary/aromatic N) is 6. The van der Waals surface area contributed by atoms with Crippen LogP contribution in [0.2, 0.25) is 5.02 Å². The molecule has 1 aliphatic heterocycles. The van der Waals surface area contributed by atoms with E-state index >= 15 is 0 Å². The third kappa shape index (κ3) is 12.8. The molecule has 1 fully saturated rings. The lowest BCUT2D eigenvalue weighted by Gasteiger charge is -2.35. The Balaban J connectivity index is 0.831. The first-order valence-corrected chi connectivity index (χ1v) is 24.2. The molecule has 0 bridgehead atoms. The maximum atomic E-state index is 14.1. The maximum absolute atomic E-state index is 14.1. The van der Waals surface area contributed by atoms with Gasteiger partial charge < -0.3 is 36.0 Å². The normalized spacial score (nSPS) is 15.9. The van der Waals surface area contributed by atoms with Gasteiger partial charge in [0.1, 0.15) is 30.6 Å². The Morgan fingerprint density at radius 2 is 1.64 bits per heavy atom. The zero-order valence-corrected chi connectivity index (χ0v) is 41.5. The molecule has 6 aromatic rings. The standard InChI is InChI=1S/C52H57ClN10O6S/c1-31(27-62-21-19-43(61-62)38-15-16-39(25-54)42(53)23-38)58-49(66)37-13-9-35(10-14-37)40-17-18-45(56-26-40)55-20-22-69-29-46(65)60-48(52(4,5)6)51(68)63-28-41(64)24-44(63)50(67)59-32(2)34-7-11-36(12-8-34)47-33(3)57-30-70-47/h7-19,21,23,26,30-32,41,44,48,64H,20,22,24,27-29H2,1-6H3,(H,55,56)(H,58,66)(H,59,67)(H,60,65)/t31-,32-,41+,44?,48+/m0/s1. The summed E-state index contributed by atoms with van der Waals surface area (Å²) < 4.78 is 7.40. The molecule has 4 amide bonds. The van der Waals surface area contributed by atoms with Crippen molar-refractivity contribution in [1.29, 1.82) is 5.26 Å². The number of likely N-dealkylation sites (tertiary alicyclic amines) is 1. The Morgan fingerprint density at radius 1 is 0.929 bits per heavy atom. The SMILES string of the molecule is Cc1ncsc1-c1ccc([C@H](C)NC(=O)C2C[C@@H](O)CN2C(=O)[C@@H](NC(=O)COCCNc2ccc(-c3ccc(C(=O)N[C@@H](C)Cn4ccc(-c5ccc(C#N)c(Cl)c5)n4)cc3)cn2)C(C)(C)C)cc1. The third-order valence-corrected chi connectivity index (χ3v) is 13.2. The van der Waals surface area contributed by atoms with Gasteiger partial charge in [-0.2, -0.15) is 10.4 Å². The molecule has 1 saturated heterocycles. The molecule has 16 nitrogen and oxygen atoms in total. The number of pyridine rings is 1. The summed E-state index contributed by atoms with van der Waals surface area (Å²) in [6.07, 6.45) is 2.74. The molecule has 18 heteroatoms.